The molecule has 1 saturated heterocycles. The zero-order valence-electron chi connectivity index (χ0n) is 12.4. The molecule has 3 rings (SSSR count). The number of oxazole rings is 1. The van der Waals surface area contributed by atoms with Crippen molar-refractivity contribution < 1.29 is 12.8 Å². The van der Waals surface area contributed by atoms with Crippen LogP contribution in [0.25, 0.3) is 0 Å². The second kappa shape index (κ2) is 6.06. The molecule has 2 aliphatic rings. The van der Waals surface area contributed by atoms with Gasteiger partial charge < -0.3 is 4.42 Å². The number of hydrogen-bond donors (Lipinski definition) is 0. The molecular weight excluding hydrogens is 290 g/mol. The molecule has 2 heterocycles. The number of piperidine rings is 1. The van der Waals surface area contributed by atoms with Crippen LogP contribution >= 0.6 is 0 Å². The lowest BCUT2D eigenvalue weighted by molar-refractivity contribution is 0.265. The maximum atomic E-state index is 12.7. The number of rotatable bonds is 4. The Labute approximate surface area is 126 Å². The van der Waals surface area contributed by atoms with E-state index in [1.807, 2.05) is 0 Å². The van der Waals surface area contributed by atoms with Gasteiger partial charge in [0.15, 0.2) is 6.39 Å². The van der Waals surface area contributed by atoms with Crippen molar-refractivity contribution in [3.63, 3.8) is 0 Å². The van der Waals surface area contributed by atoms with Crippen LogP contribution in [-0.2, 0) is 10.2 Å². The lowest BCUT2D eigenvalue weighted by Crippen LogP contribution is -2.48. The summed E-state index contributed by atoms with van der Waals surface area (Å²) in [6.07, 6.45) is 9.02. The molecule has 1 aliphatic carbocycles. The van der Waals surface area contributed by atoms with Gasteiger partial charge >= 0.3 is 0 Å². The largest absolute Gasteiger partial charge is 0.448 e. The Kier molecular flexibility index (Phi) is 4.33. The van der Waals surface area contributed by atoms with E-state index in [-0.39, 0.29) is 12.0 Å². The standard InChI is InChI=1S/C14H23N3O3S/c1-16(13-4-2-3-5-13)21(18,19)17-8-6-12(7-9-17)14-10-15-11-20-14/h10-13H,2-9H2,1H3. The first kappa shape index (κ1) is 15.0. The first-order chi connectivity index (χ1) is 10.1. The molecule has 0 N–H and O–H groups in total. The molecule has 0 aromatic carbocycles. The zero-order valence-corrected chi connectivity index (χ0v) is 13.3. The molecule has 21 heavy (non-hydrogen) atoms. The lowest BCUT2D eigenvalue weighted by Gasteiger charge is -2.35. The lowest BCUT2D eigenvalue weighted by atomic mass is 9.96. The highest BCUT2D eigenvalue weighted by Crippen LogP contribution is 2.31. The van der Waals surface area contributed by atoms with Gasteiger partial charge in [-0.1, -0.05) is 12.8 Å². The van der Waals surface area contributed by atoms with E-state index in [9.17, 15) is 8.42 Å². The van der Waals surface area contributed by atoms with E-state index < -0.39 is 10.2 Å². The Hall–Kier alpha value is -0.920. The molecule has 1 saturated carbocycles. The smallest absolute Gasteiger partial charge is 0.281 e. The molecule has 0 bridgehead atoms. The predicted molar refractivity (Wildman–Crippen MR) is 79.0 cm³/mol. The van der Waals surface area contributed by atoms with E-state index in [1.54, 1.807) is 21.9 Å². The average molecular weight is 313 g/mol. The van der Waals surface area contributed by atoms with Crippen molar-refractivity contribution in [2.75, 3.05) is 20.1 Å². The zero-order chi connectivity index (χ0) is 14.9. The molecule has 2 fully saturated rings. The van der Waals surface area contributed by atoms with Crippen LogP contribution in [0.5, 0.6) is 0 Å². The molecular formula is C14H23N3O3S. The van der Waals surface area contributed by atoms with Crippen LogP contribution in [0.4, 0.5) is 0 Å². The minimum atomic E-state index is -3.32. The minimum Gasteiger partial charge on any atom is -0.448 e. The summed E-state index contributed by atoms with van der Waals surface area (Å²) in [5, 5.41) is 0. The molecule has 0 spiro atoms. The SMILES string of the molecule is CN(C1CCCC1)S(=O)(=O)N1CCC(c2cnco2)CC1. The van der Waals surface area contributed by atoms with E-state index in [2.05, 4.69) is 4.98 Å². The molecule has 1 aromatic heterocycles. The van der Waals surface area contributed by atoms with Crippen LogP contribution < -0.4 is 0 Å². The second-order valence-corrected chi connectivity index (χ2v) is 8.03. The van der Waals surface area contributed by atoms with Crippen LogP contribution in [0.15, 0.2) is 17.0 Å². The molecule has 6 nitrogen and oxygen atoms in total. The fraction of sp³-hybridized carbons (Fsp3) is 0.786. The van der Waals surface area contributed by atoms with Gasteiger partial charge in [-0.2, -0.15) is 17.0 Å². The van der Waals surface area contributed by atoms with Gasteiger partial charge in [0.05, 0.1) is 6.20 Å². The monoisotopic (exact) mass is 313 g/mol. The van der Waals surface area contributed by atoms with Gasteiger partial charge in [0.1, 0.15) is 5.76 Å². The molecule has 1 aliphatic heterocycles. The van der Waals surface area contributed by atoms with Crippen molar-refractivity contribution in [1.82, 2.24) is 13.6 Å². The van der Waals surface area contributed by atoms with Gasteiger partial charge in [-0.15, -0.1) is 0 Å². The summed E-state index contributed by atoms with van der Waals surface area (Å²) in [6, 6.07) is 0.182. The van der Waals surface area contributed by atoms with E-state index >= 15 is 0 Å². The van der Waals surface area contributed by atoms with Crippen molar-refractivity contribution in [2.24, 2.45) is 0 Å². The van der Waals surface area contributed by atoms with E-state index in [1.165, 1.54) is 6.39 Å². The highest BCUT2D eigenvalue weighted by molar-refractivity contribution is 7.86. The Balaban J connectivity index is 1.62. The Bertz CT molecular complexity index is 544. The molecule has 0 amide bonds. The van der Waals surface area contributed by atoms with E-state index in [0.29, 0.717) is 13.1 Å². The van der Waals surface area contributed by atoms with Crippen LogP contribution in [-0.4, -0.2) is 48.2 Å². The van der Waals surface area contributed by atoms with E-state index in [4.69, 9.17) is 4.42 Å². The van der Waals surface area contributed by atoms with Crippen LogP contribution in [0.3, 0.4) is 0 Å². The van der Waals surface area contributed by atoms with Crippen molar-refractivity contribution in [1.29, 1.82) is 0 Å². The third kappa shape index (κ3) is 3.00. The number of nitrogens with zero attached hydrogens (tertiary/aromatic N) is 3. The Morgan fingerprint density at radius 1 is 1.24 bits per heavy atom. The average Bonchev–Trinajstić information content (AvgIpc) is 3.19. The predicted octanol–water partition coefficient (Wildman–Crippen LogP) is 1.97. The Morgan fingerprint density at radius 2 is 1.90 bits per heavy atom. The molecule has 7 heteroatoms. The molecule has 118 valence electrons. The molecule has 0 unspecified atom stereocenters. The molecule has 1 aromatic rings. The van der Waals surface area contributed by atoms with Crippen LogP contribution in [0.1, 0.15) is 50.2 Å². The van der Waals surface area contributed by atoms with Gasteiger partial charge in [0.25, 0.3) is 10.2 Å². The van der Waals surface area contributed by atoms with Crippen LogP contribution in [0, 0.1) is 0 Å². The van der Waals surface area contributed by atoms with Gasteiger partial charge in [-0.25, -0.2) is 4.98 Å². The summed E-state index contributed by atoms with van der Waals surface area (Å²) >= 11 is 0. The number of aromatic nitrogens is 1. The summed E-state index contributed by atoms with van der Waals surface area (Å²) in [6.45, 7) is 1.12. The summed E-state index contributed by atoms with van der Waals surface area (Å²) in [5.41, 5.74) is 0. The van der Waals surface area contributed by atoms with Crippen LogP contribution in [0.2, 0.25) is 0 Å². The number of hydrogen-bond acceptors (Lipinski definition) is 4. The van der Waals surface area contributed by atoms with Gasteiger partial charge in [0.2, 0.25) is 0 Å². The van der Waals surface area contributed by atoms with Gasteiger partial charge in [-0.3, -0.25) is 0 Å². The summed E-state index contributed by atoms with van der Waals surface area (Å²) < 4.78 is 33.9. The Morgan fingerprint density at radius 3 is 2.48 bits per heavy atom. The maximum absolute atomic E-state index is 12.7. The maximum Gasteiger partial charge on any atom is 0.281 e. The fourth-order valence-corrected chi connectivity index (χ4v) is 5.06. The second-order valence-electron chi connectivity index (χ2n) is 6.04. The third-order valence-electron chi connectivity index (χ3n) is 4.84. The summed E-state index contributed by atoms with van der Waals surface area (Å²) in [4.78, 5) is 3.94. The first-order valence-electron chi connectivity index (χ1n) is 7.70. The first-order valence-corrected chi connectivity index (χ1v) is 9.10. The molecule has 0 radical (unpaired) electrons. The quantitative estimate of drug-likeness (QED) is 0.852. The van der Waals surface area contributed by atoms with Gasteiger partial charge in [0, 0.05) is 32.1 Å². The highest BCUT2D eigenvalue weighted by atomic mass is 32.2. The molecule has 0 atom stereocenters. The van der Waals surface area contributed by atoms with Crippen molar-refractivity contribution in [2.45, 2.75) is 50.5 Å². The van der Waals surface area contributed by atoms with E-state index in [0.717, 1.165) is 44.3 Å². The van der Waals surface area contributed by atoms with Crippen molar-refractivity contribution >= 4 is 10.2 Å². The third-order valence-corrected chi connectivity index (χ3v) is 6.88. The topological polar surface area (TPSA) is 66.7 Å². The minimum absolute atomic E-state index is 0.182. The normalized spacial score (nSPS) is 23.1. The van der Waals surface area contributed by atoms with Crippen molar-refractivity contribution in [3.05, 3.63) is 18.4 Å². The summed E-state index contributed by atoms with van der Waals surface area (Å²) in [5.74, 6) is 1.16. The van der Waals surface area contributed by atoms with Gasteiger partial charge in [-0.05, 0) is 25.7 Å². The summed E-state index contributed by atoms with van der Waals surface area (Å²) in [7, 11) is -1.59. The highest BCUT2D eigenvalue weighted by Gasteiger charge is 2.36. The van der Waals surface area contributed by atoms with Crippen molar-refractivity contribution in [3.8, 4) is 0 Å². The fourth-order valence-electron chi connectivity index (χ4n) is 3.44.